The van der Waals surface area contributed by atoms with Crippen LogP contribution >= 0.6 is 11.6 Å². The second-order valence-corrected chi connectivity index (χ2v) is 11.9. The molecule has 3 aromatic carbocycles. The molecule has 0 spiro atoms. The number of Topliss-reactive ketones (excluding diaryl/α,β-unsaturated/α-hetero) is 1. The van der Waals surface area contributed by atoms with Gasteiger partial charge in [0, 0.05) is 28.8 Å². The molecule has 5 nitrogen and oxygen atoms in total. The van der Waals surface area contributed by atoms with Gasteiger partial charge in [-0.1, -0.05) is 74.0 Å². The molecule has 194 valence electrons. The zero-order chi connectivity index (χ0) is 26.4. The Hall–Kier alpha value is -3.57. The van der Waals surface area contributed by atoms with Crippen LogP contribution in [0.15, 0.2) is 84.1 Å². The molecule has 2 N–H and O–H groups in total. The summed E-state index contributed by atoms with van der Waals surface area (Å²) in [6, 6.07) is 23.7. The van der Waals surface area contributed by atoms with Crippen LogP contribution in [-0.2, 0) is 22.4 Å². The normalized spacial score (nSPS) is 20.2. The molecule has 1 amide bonds. The molecule has 38 heavy (non-hydrogen) atoms. The highest BCUT2D eigenvalue weighted by Gasteiger charge is 2.42. The van der Waals surface area contributed by atoms with Gasteiger partial charge in [-0.25, -0.2) is 0 Å². The standard InChI is InChI=1S/C32H32ClN3O2/c1-32(2)17-26-30(28(37)18-32)31(20-11-13-23(33)14-12-20)36(27-10-6-5-9-25(27)35-26)19-29(38)34-24-15-21-7-3-4-8-22(21)16-24/h3-14,24,31,35H,15-19H2,1-2H3,(H,34,38). The van der Waals surface area contributed by atoms with Crippen LogP contribution in [0.5, 0.6) is 0 Å². The average Bonchev–Trinajstić information content (AvgIpc) is 3.22. The van der Waals surface area contributed by atoms with E-state index in [0.29, 0.717) is 11.4 Å². The van der Waals surface area contributed by atoms with Crippen molar-refractivity contribution in [2.75, 3.05) is 16.8 Å². The largest absolute Gasteiger partial charge is 0.357 e. The highest BCUT2D eigenvalue weighted by Crippen LogP contribution is 2.48. The number of para-hydroxylation sites is 2. The zero-order valence-electron chi connectivity index (χ0n) is 21.8. The van der Waals surface area contributed by atoms with E-state index >= 15 is 0 Å². The number of nitrogens with one attached hydrogen (secondary N) is 2. The molecule has 0 bridgehead atoms. The molecule has 3 aliphatic rings. The first-order valence-electron chi connectivity index (χ1n) is 13.3. The van der Waals surface area contributed by atoms with Gasteiger partial charge in [0.25, 0.3) is 0 Å². The number of anilines is 2. The molecule has 1 aliphatic heterocycles. The van der Waals surface area contributed by atoms with Crippen LogP contribution in [0.3, 0.4) is 0 Å². The van der Waals surface area contributed by atoms with Crippen molar-refractivity contribution in [2.24, 2.45) is 5.41 Å². The van der Waals surface area contributed by atoms with Crippen molar-refractivity contribution < 1.29 is 9.59 Å². The van der Waals surface area contributed by atoms with Gasteiger partial charge < -0.3 is 15.5 Å². The number of rotatable bonds is 4. The number of hydrogen-bond acceptors (Lipinski definition) is 4. The van der Waals surface area contributed by atoms with Crippen LogP contribution in [0.25, 0.3) is 0 Å². The van der Waals surface area contributed by atoms with E-state index in [1.807, 2.05) is 48.5 Å². The van der Waals surface area contributed by atoms with Crippen molar-refractivity contribution in [3.05, 3.63) is 106 Å². The number of benzene rings is 3. The molecule has 0 radical (unpaired) electrons. The Morgan fingerprint density at radius 2 is 1.63 bits per heavy atom. The van der Waals surface area contributed by atoms with Crippen LogP contribution in [0.4, 0.5) is 11.4 Å². The third-order valence-corrected chi connectivity index (χ3v) is 8.17. The van der Waals surface area contributed by atoms with Crippen LogP contribution in [0, 0.1) is 5.41 Å². The molecular weight excluding hydrogens is 494 g/mol. The highest BCUT2D eigenvalue weighted by molar-refractivity contribution is 6.30. The second kappa shape index (κ2) is 9.63. The third-order valence-electron chi connectivity index (χ3n) is 7.92. The molecule has 0 saturated carbocycles. The maximum atomic E-state index is 13.8. The smallest absolute Gasteiger partial charge is 0.239 e. The first kappa shape index (κ1) is 24.7. The molecule has 1 atom stereocenters. The van der Waals surface area contributed by atoms with E-state index in [1.165, 1.54) is 11.1 Å². The average molecular weight is 526 g/mol. The Kier molecular flexibility index (Phi) is 6.27. The minimum absolute atomic E-state index is 0.0517. The van der Waals surface area contributed by atoms with Gasteiger partial charge >= 0.3 is 0 Å². The molecular formula is C32H32ClN3O2. The van der Waals surface area contributed by atoms with E-state index in [2.05, 4.69) is 53.6 Å². The van der Waals surface area contributed by atoms with Gasteiger partial charge in [0.2, 0.25) is 5.91 Å². The van der Waals surface area contributed by atoms with Gasteiger partial charge in [-0.15, -0.1) is 0 Å². The Balaban J connectivity index is 1.39. The summed E-state index contributed by atoms with van der Waals surface area (Å²) >= 11 is 6.25. The lowest BCUT2D eigenvalue weighted by Crippen LogP contribution is -2.45. The number of nitrogens with zero attached hydrogens (tertiary/aromatic N) is 1. The number of carbonyl (C=O) groups is 2. The number of hydrogen-bond donors (Lipinski definition) is 2. The first-order valence-corrected chi connectivity index (χ1v) is 13.7. The predicted octanol–water partition coefficient (Wildman–Crippen LogP) is 6.24. The molecule has 0 fully saturated rings. The summed E-state index contributed by atoms with van der Waals surface area (Å²) in [6.45, 7) is 4.40. The minimum Gasteiger partial charge on any atom is -0.357 e. The van der Waals surface area contributed by atoms with Gasteiger partial charge in [-0.05, 0) is 65.6 Å². The first-order chi connectivity index (χ1) is 18.3. The van der Waals surface area contributed by atoms with Crippen LogP contribution in [-0.4, -0.2) is 24.3 Å². The van der Waals surface area contributed by atoms with Crippen molar-refractivity contribution in [3.63, 3.8) is 0 Å². The molecule has 0 aromatic heterocycles. The Morgan fingerprint density at radius 3 is 2.34 bits per heavy atom. The van der Waals surface area contributed by atoms with Crippen molar-refractivity contribution in [1.82, 2.24) is 5.32 Å². The monoisotopic (exact) mass is 525 g/mol. The van der Waals surface area contributed by atoms with Gasteiger partial charge in [-0.3, -0.25) is 9.59 Å². The van der Waals surface area contributed by atoms with Crippen molar-refractivity contribution >= 4 is 34.7 Å². The van der Waals surface area contributed by atoms with Crippen molar-refractivity contribution in [1.29, 1.82) is 0 Å². The predicted molar refractivity (Wildman–Crippen MR) is 152 cm³/mol. The summed E-state index contributed by atoms with van der Waals surface area (Å²) in [5, 5.41) is 7.52. The molecule has 1 heterocycles. The highest BCUT2D eigenvalue weighted by atomic mass is 35.5. The number of halogens is 1. The summed E-state index contributed by atoms with van der Waals surface area (Å²) in [6.07, 6.45) is 2.90. The van der Waals surface area contributed by atoms with E-state index in [4.69, 9.17) is 11.6 Å². The van der Waals surface area contributed by atoms with E-state index < -0.39 is 6.04 Å². The number of amides is 1. The molecule has 6 rings (SSSR count). The molecule has 3 aromatic rings. The maximum Gasteiger partial charge on any atom is 0.239 e. The summed E-state index contributed by atoms with van der Waals surface area (Å²) in [4.78, 5) is 29.5. The molecule has 0 saturated heterocycles. The Bertz CT molecular complexity index is 1420. The lowest BCUT2D eigenvalue weighted by molar-refractivity contribution is -0.121. The fourth-order valence-corrected chi connectivity index (χ4v) is 6.43. The third kappa shape index (κ3) is 4.71. The summed E-state index contributed by atoms with van der Waals surface area (Å²) in [7, 11) is 0. The Morgan fingerprint density at radius 1 is 0.974 bits per heavy atom. The summed E-state index contributed by atoms with van der Waals surface area (Å²) in [5.74, 6) is 0.0670. The fourth-order valence-electron chi connectivity index (χ4n) is 6.31. The summed E-state index contributed by atoms with van der Waals surface area (Å²) in [5.41, 5.74) is 6.87. The zero-order valence-corrected chi connectivity index (χ0v) is 22.5. The van der Waals surface area contributed by atoms with Crippen LogP contribution in [0.1, 0.15) is 49.4 Å². The maximum absolute atomic E-state index is 13.8. The number of ketones is 1. The number of allylic oxidation sites excluding steroid dienone is 1. The van der Waals surface area contributed by atoms with Gasteiger partial charge in [0.1, 0.15) is 0 Å². The quantitative estimate of drug-likeness (QED) is 0.423. The van der Waals surface area contributed by atoms with Crippen molar-refractivity contribution in [3.8, 4) is 0 Å². The van der Waals surface area contributed by atoms with Crippen LogP contribution in [0.2, 0.25) is 5.02 Å². The molecule has 6 heteroatoms. The fraction of sp³-hybridized carbons (Fsp3) is 0.312. The second-order valence-electron chi connectivity index (χ2n) is 11.5. The minimum atomic E-state index is -0.409. The molecule has 2 aliphatic carbocycles. The number of carbonyl (C=O) groups excluding carboxylic acids is 2. The van der Waals surface area contributed by atoms with Crippen molar-refractivity contribution in [2.45, 2.75) is 51.6 Å². The van der Waals surface area contributed by atoms with Gasteiger partial charge in [0.15, 0.2) is 5.78 Å². The van der Waals surface area contributed by atoms with E-state index in [9.17, 15) is 9.59 Å². The topological polar surface area (TPSA) is 61.4 Å². The van der Waals surface area contributed by atoms with E-state index in [-0.39, 0.29) is 29.7 Å². The summed E-state index contributed by atoms with van der Waals surface area (Å²) < 4.78 is 0. The van der Waals surface area contributed by atoms with Gasteiger partial charge in [0.05, 0.1) is 24.0 Å². The van der Waals surface area contributed by atoms with Crippen LogP contribution < -0.4 is 15.5 Å². The number of fused-ring (bicyclic) bond motifs is 2. The Labute approximate surface area is 228 Å². The van der Waals surface area contributed by atoms with Gasteiger partial charge in [-0.2, -0.15) is 0 Å². The lowest BCUT2D eigenvalue weighted by atomic mass is 9.73. The van der Waals surface area contributed by atoms with E-state index in [0.717, 1.165) is 47.5 Å². The SMILES string of the molecule is CC1(C)CC(=O)C2=C(C1)Nc1ccccc1N(CC(=O)NC1Cc3ccccc3C1)C2c1ccc(Cl)cc1. The van der Waals surface area contributed by atoms with E-state index in [1.54, 1.807) is 0 Å². The molecule has 1 unspecified atom stereocenters. The lowest BCUT2D eigenvalue weighted by Gasteiger charge is -2.38.